The Hall–Kier alpha value is -1.55. The zero-order valence-corrected chi connectivity index (χ0v) is 14.1. The van der Waals surface area contributed by atoms with Crippen molar-refractivity contribution in [1.82, 2.24) is 0 Å². The smallest absolute Gasteiger partial charge is 0.478 e. The fourth-order valence-electron chi connectivity index (χ4n) is 1.95. The molecule has 1 aromatic rings. The molecule has 1 rings (SSSR count). The highest BCUT2D eigenvalue weighted by atomic mass is 16.5. The quantitative estimate of drug-likeness (QED) is 0.778. The Bertz CT molecular complexity index is 549. The lowest BCUT2D eigenvalue weighted by molar-refractivity contribution is -0.0982. The van der Waals surface area contributed by atoms with Crippen molar-refractivity contribution in [3.8, 4) is 11.8 Å². The number of hydrogen-bond donors (Lipinski definition) is 2. The van der Waals surface area contributed by atoms with Gasteiger partial charge in [0.25, 0.3) is 0 Å². The molecule has 1 aromatic carbocycles. The number of aryl methyl sites for hydroxylation is 2. The summed E-state index contributed by atoms with van der Waals surface area (Å²) in [5, 5.41) is 29.0. The molecule has 0 bridgehead atoms. The Morgan fingerprint density at radius 1 is 1.18 bits per heavy atom. The molecule has 0 heterocycles. The van der Waals surface area contributed by atoms with Gasteiger partial charge in [0, 0.05) is 0 Å². The number of rotatable bonds is 6. The van der Waals surface area contributed by atoms with E-state index in [2.05, 4.69) is 0 Å². The Balaban J connectivity index is 3.01. The molecule has 6 heteroatoms. The maximum Gasteiger partial charge on any atom is 0.491 e. The fraction of sp³-hybridized carbons (Fsp3) is 0.562. The van der Waals surface area contributed by atoms with Crippen LogP contribution in [0.4, 0.5) is 0 Å². The van der Waals surface area contributed by atoms with E-state index in [1.807, 2.05) is 19.9 Å². The summed E-state index contributed by atoms with van der Waals surface area (Å²) in [7, 11) is -1.16. The summed E-state index contributed by atoms with van der Waals surface area (Å²) < 4.78 is 11.0. The van der Waals surface area contributed by atoms with Crippen LogP contribution in [0.3, 0.4) is 0 Å². The maximum atomic E-state index is 10.3. The van der Waals surface area contributed by atoms with Crippen LogP contribution in [0.2, 0.25) is 0 Å². The molecule has 0 saturated carbocycles. The van der Waals surface area contributed by atoms with Gasteiger partial charge in [0.2, 0.25) is 0 Å². The lowest BCUT2D eigenvalue weighted by atomic mass is 9.75. The van der Waals surface area contributed by atoms with Gasteiger partial charge in [-0.1, -0.05) is 12.1 Å². The van der Waals surface area contributed by atoms with Crippen molar-refractivity contribution in [2.75, 3.05) is 6.61 Å². The van der Waals surface area contributed by atoms with Gasteiger partial charge in [-0.25, -0.2) is 0 Å². The summed E-state index contributed by atoms with van der Waals surface area (Å²) >= 11 is 0. The summed E-state index contributed by atoms with van der Waals surface area (Å²) in [5.41, 5.74) is 0.178. The second kappa shape index (κ2) is 6.70. The molecular weight excluding hydrogens is 281 g/mol. The Kier molecular flexibility index (Phi) is 5.63. The largest absolute Gasteiger partial charge is 0.491 e. The Morgan fingerprint density at radius 2 is 1.68 bits per heavy atom. The number of nitrogens with zero attached hydrogens (tertiary/aromatic N) is 1. The highest BCUT2D eigenvalue weighted by Crippen LogP contribution is 2.26. The van der Waals surface area contributed by atoms with Crippen molar-refractivity contribution in [1.29, 1.82) is 5.26 Å². The number of benzene rings is 1. The first kappa shape index (κ1) is 18.5. The third kappa shape index (κ3) is 4.23. The monoisotopic (exact) mass is 305 g/mol. The van der Waals surface area contributed by atoms with Gasteiger partial charge >= 0.3 is 7.12 Å². The Labute approximate surface area is 132 Å². The summed E-state index contributed by atoms with van der Waals surface area (Å²) in [4.78, 5) is 0. The molecule has 120 valence electrons. The lowest BCUT2D eigenvalue weighted by Crippen LogP contribution is -2.53. The maximum absolute atomic E-state index is 10.3. The first-order chi connectivity index (χ1) is 9.99. The van der Waals surface area contributed by atoms with Crippen LogP contribution in [-0.2, 0) is 4.65 Å². The van der Waals surface area contributed by atoms with Gasteiger partial charge in [0.1, 0.15) is 11.8 Å². The van der Waals surface area contributed by atoms with E-state index < -0.39 is 18.3 Å². The number of aliphatic hydroxyl groups is 1. The van der Waals surface area contributed by atoms with Crippen LogP contribution >= 0.6 is 0 Å². The van der Waals surface area contributed by atoms with Gasteiger partial charge in [0.15, 0.2) is 6.61 Å². The van der Waals surface area contributed by atoms with E-state index >= 15 is 0 Å². The SMILES string of the molecule is Cc1cc(B(O)OC(C)(C)C(C)(C)O)cc(C)c1OCC#N. The van der Waals surface area contributed by atoms with Crippen LogP contribution in [0.5, 0.6) is 5.75 Å². The number of hydrogen-bond acceptors (Lipinski definition) is 5. The molecule has 0 spiro atoms. The lowest BCUT2D eigenvalue weighted by Gasteiger charge is -2.38. The number of ether oxygens (including phenoxy) is 1. The van der Waals surface area contributed by atoms with Crippen molar-refractivity contribution in [3.63, 3.8) is 0 Å². The second-order valence-corrected chi connectivity index (χ2v) is 6.47. The molecule has 0 saturated heterocycles. The minimum atomic E-state index is -1.16. The molecule has 0 aliphatic rings. The van der Waals surface area contributed by atoms with E-state index in [0.29, 0.717) is 11.2 Å². The van der Waals surface area contributed by atoms with Crippen molar-refractivity contribution < 1.29 is 19.5 Å². The molecule has 0 aliphatic heterocycles. The molecule has 0 aliphatic carbocycles. The van der Waals surface area contributed by atoms with Crippen molar-refractivity contribution in [2.45, 2.75) is 52.7 Å². The van der Waals surface area contributed by atoms with E-state index in [0.717, 1.165) is 11.1 Å². The highest BCUT2D eigenvalue weighted by Gasteiger charge is 2.39. The van der Waals surface area contributed by atoms with Crippen molar-refractivity contribution >= 4 is 12.6 Å². The molecule has 0 amide bonds. The molecule has 2 N–H and O–H groups in total. The van der Waals surface area contributed by atoms with E-state index in [1.54, 1.807) is 39.8 Å². The molecule has 0 unspecified atom stereocenters. The van der Waals surface area contributed by atoms with E-state index in [9.17, 15) is 10.1 Å². The average Bonchev–Trinajstić information content (AvgIpc) is 2.35. The predicted octanol–water partition coefficient (Wildman–Crippen LogP) is 1.46. The summed E-state index contributed by atoms with van der Waals surface area (Å²) in [6.45, 7) is 10.4. The Morgan fingerprint density at radius 3 is 2.09 bits per heavy atom. The van der Waals surface area contributed by atoms with Gasteiger partial charge in [-0.2, -0.15) is 5.26 Å². The van der Waals surface area contributed by atoms with Gasteiger partial charge < -0.3 is 19.5 Å². The second-order valence-electron chi connectivity index (χ2n) is 6.47. The standard InChI is InChI=1S/C16H24BNO4/c1-11-9-13(10-12(2)14(11)21-8-7-18)17(20)22-16(5,6)15(3,4)19/h9-10,19-20H,8H2,1-6H3. The summed E-state index contributed by atoms with van der Waals surface area (Å²) in [6.07, 6.45) is 0. The minimum absolute atomic E-state index is 0.0220. The first-order valence-electron chi connectivity index (χ1n) is 7.18. The van der Waals surface area contributed by atoms with E-state index in [1.165, 1.54) is 0 Å². The van der Waals surface area contributed by atoms with Crippen LogP contribution in [0.15, 0.2) is 12.1 Å². The van der Waals surface area contributed by atoms with Gasteiger partial charge in [-0.3, -0.25) is 0 Å². The zero-order chi connectivity index (χ0) is 17.1. The normalized spacial score (nSPS) is 12.0. The molecule has 5 nitrogen and oxygen atoms in total. The van der Waals surface area contributed by atoms with Crippen LogP contribution in [0, 0.1) is 25.2 Å². The molecule has 0 fully saturated rings. The van der Waals surface area contributed by atoms with Crippen LogP contribution in [0.1, 0.15) is 38.8 Å². The predicted molar refractivity (Wildman–Crippen MR) is 86.1 cm³/mol. The third-order valence-corrected chi connectivity index (χ3v) is 3.93. The van der Waals surface area contributed by atoms with Crippen molar-refractivity contribution in [3.05, 3.63) is 23.3 Å². The number of nitriles is 1. The van der Waals surface area contributed by atoms with Gasteiger partial charge in [0.05, 0.1) is 11.2 Å². The van der Waals surface area contributed by atoms with Crippen molar-refractivity contribution in [2.24, 2.45) is 0 Å². The third-order valence-electron chi connectivity index (χ3n) is 3.93. The van der Waals surface area contributed by atoms with E-state index in [4.69, 9.17) is 14.7 Å². The first-order valence-corrected chi connectivity index (χ1v) is 7.18. The molecule has 0 atom stereocenters. The van der Waals surface area contributed by atoms with E-state index in [-0.39, 0.29) is 6.61 Å². The van der Waals surface area contributed by atoms with Gasteiger partial charge in [-0.15, -0.1) is 0 Å². The van der Waals surface area contributed by atoms with Gasteiger partial charge in [-0.05, 0) is 58.1 Å². The summed E-state index contributed by atoms with van der Waals surface area (Å²) in [5.74, 6) is 0.638. The fourth-order valence-corrected chi connectivity index (χ4v) is 1.95. The average molecular weight is 305 g/mol. The van der Waals surface area contributed by atoms with Crippen LogP contribution in [-0.4, -0.2) is 35.1 Å². The molecule has 22 heavy (non-hydrogen) atoms. The summed E-state index contributed by atoms with van der Waals surface area (Å²) in [6, 6.07) is 5.44. The molecule has 0 radical (unpaired) electrons. The topological polar surface area (TPSA) is 82.7 Å². The van der Waals surface area contributed by atoms with Crippen LogP contribution < -0.4 is 10.2 Å². The molecule has 0 aromatic heterocycles. The highest BCUT2D eigenvalue weighted by molar-refractivity contribution is 6.60. The zero-order valence-electron chi connectivity index (χ0n) is 14.1. The molecular formula is C16H24BNO4. The minimum Gasteiger partial charge on any atom is -0.478 e. The van der Waals surface area contributed by atoms with Crippen LogP contribution in [0.25, 0.3) is 0 Å².